The number of carbonyl (C=O) groups is 1. The van der Waals surface area contributed by atoms with Crippen LogP contribution in [0.5, 0.6) is 0 Å². The van der Waals surface area contributed by atoms with E-state index in [2.05, 4.69) is 9.46 Å². The highest BCUT2D eigenvalue weighted by Gasteiger charge is 2.42. The van der Waals surface area contributed by atoms with Gasteiger partial charge in [-0.25, -0.2) is 8.78 Å². The third-order valence-corrected chi connectivity index (χ3v) is 5.29. The quantitative estimate of drug-likeness (QED) is 0.256. The van der Waals surface area contributed by atoms with Crippen LogP contribution in [0.4, 0.5) is 22.0 Å². The summed E-state index contributed by atoms with van der Waals surface area (Å²) < 4.78 is 87.4. The van der Waals surface area contributed by atoms with E-state index in [1.807, 2.05) is 0 Å². The number of benzene rings is 1. The molecule has 3 N–H and O–H groups in total. The molecule has 0 saturated heterocycles. The normalized spacial score (nSPS) is 14.5. The Hall–Kier alpha value is -1.41. The third-order valence-electron chi connectivity index (χ3n) is 3.68. The molecule has 13 heteroatoms. The van der Waals surface area contributed by atoms with Crippen molar-refractivity contribution in [2.45, 2.75) is 51.1 Å². The molecule has 0 aromatic heterocycles. The largest absolute Gasteiger partial charge is 0.598 e. The van der Waals surface area contributed by atoms with E-state index in [-0.39, 0.29) is 12.7 Å². The van der Waals surface area contributed by atoms with E-state index in [1.54, 1.807) is 0 Å². The van der Waals surface area contributed by atoms with Crippen molar-refractivity contribution in [3.8, 4) is 0 Å². The molecule has 1 unspecified atom stereocenters. The van der Waals surface area contributed by atoms with E-state index in [1.165, 1.54) is 27.7 Å². The van der Waals surface area contributed by atoms with Crippen molar-refractivity contribution >= 4 is 29.9 Å². The van der Waals surface area contributed by atoms with E-state index in [0.29, 0.717) is 0 Å². The zero-order valence-corrected chi connectivity index (χ0v) is 16.9. The molecule has 0 radical (unpaired) electrons. The van der Waals surface area contributed by atoms with E-state index in [4.69, 9.17) is 0 Å². The Morgan fingerprint density at radius 1 is 1.28 bits per heavy atom. The lowest BCUT2D eigenvalue weighted by Crippen LogP contribution is -2.44. The number of hydrogen-bond donors (Lipinski definition) is 3. The predicted molar refractivity (Wildman–Crippen MR) is 96.2 cm³/mol. The molecule has 0 aliphatic carbocycles. The number of carbonyl (C=O) groups excluding carboxylic acids is 1. The highest BCUT2D eigenvalue weighted by atomic mass is 32.2. The monoisotopic (exact) mass is 445 g/mol. The molecule has 0 aliphatic heterocycles. The van der Waals surface area contributed by atoms with E-state index in [9.17, 15) is 41.3 Å². The predicted octanol–water partition coefficient (Wildman–Crippen LogP) is 1.71. The first-order valence-corrected chi connectivity index (χ1v) is 9.55. The molecular formula is C16H21BF5NO5S. The second kappa shape index (κ2) is 9.60. The molecular weight excluding hydrogens is 424 g/mol. The van der Waals surface area contributed by atoms with Crippen LogP contribution in [0.3, 0.4) is 0 Å². The molecule has 0 fully saturated rings. The molecule has 1 aromatic rings. The summed E-state index contributed by atoms with van der Waals surface area (Å²) in [6.45, 7) is 5.79. The summed E-state index contributed by atoms with van der Waals surface area (Å²) in [4.78, 5) is 11.9. The molecule has 6 nitrogen and oxygen atoms in total. The van der Waals surface area contributed by atoms with Gasteiger partial charge in [-0.2, -0.15) is 13.2 Å². The van der Waals surface area contributed by atoms with Crippen LogP contribution in [-0.2, 0) is 27.1 Å². The van der Waals surface area contributed by atoms with Gasteiger partial charge in [0.2, 0.25) is 0 Å². The number of rotatable bonds is 7. The van der Waals surface area contributed by atoms with Crippen molar-refractivity contribution in [2.75, 3.05) is 6.61 Å². The number of nitrogens with one attached hydrogen (secondary N) is 1. The van der Waals surface area contributed by atoms with Crippen molar-refractivity contribution in [3.05, 3.63) is 28.8 Å². The van der Waals surface area contributed by atoms with E-state index in [0.717, 1.165) is 0 Å². The van der Waals surface area contributed by atoms with Gasteiger partial charge in [-0.1, -0.05) is 0 Å². The number of halogens is 5. The van der Waals surface area contributed by atoms with Gasteiger partial charge in [-0.05, 0) is 33.8 Å². The van der Waals surface area contributed by atoms with Gasteiger partial charge in [0.15, 0.2) is 0 Å². The molecule has 29 heavy (non-hydrogen) atoms. The van der Waals surface area contributed by atoms with Crippen molar-refractivity contribution in [3.63, 3.8) is 0 Å². The van der Waals surface area contributed by atoms with Gasteiger partial charge in [-0.15, -0.1) is 4.72 Å². The van der Waals surface area contributed by atoms with Crippen molar-refractivity contribution < 1.29 is 46.1 Å². The summed E-state index contributed by atoms with van der Waals surface area (Å²) in [5.41, 5.74) is -4.51. The maximum Gasteiger partial charge on any atom is 0.491 e. The highest BCUT2D eigenvalue weighted by molar-refractivity contribution is 7.90. The van der Waals surface area contributed by atoms with Crippen molar-refractivity contribution in [1.29, 1.82) is 0 Å². The first-order valence-electron chi connectivity index (χ1n) is 8.40. The second-order valence-electron chi connectivity index (χ2n) is 6.99. The average molecular weight is 445 g/mol. The summed E-state index contributed by atoms with van der Waals surface area (Å²) in [5, 5.41) is 18.4. The van der Waals surface area contributed by atoms with Gasteiger partial charge < -0.3 is 19.3 Å². The molecule has 0 aliphatic rings. The van der Waals surface area contributed by atoms with Gasteiger partial charge in [0, 0.05) is 22.4 Å². The number of ether oxygens (including phenoxy) is 1. The van der Waals surface area contributed by atoms with Gasteiger partial charge >= 0.3 is 19.3 Å². The summed E-state index contributed by atoms with van der Waals surface area (Å²) in [6.07, 6.45) is -6.15. The zero-order chi connectivity index (χ0) is 22.7. The Morgan fingerprint density at radius 2 is 1.83 bits per heavy atom. The summed E-state index contributed by atoms with van der Waals surface area (Å²) in [7, 11) is -2.69. The molecule has 0 amide bonds. The fraction of sp³-hybridized carbons (Fsp3) is 0.562. The molecule has 1 aromatic carbocycles. The topological polar surface area (TPSA) is 102 Å². The van der Waals surface area contributed by atoms with Gasteiger partial charge in [0.05, 0.1) is 24.6 Å². The minimum Gasteiger partial charge on any atom is -0.598 e. The third kappa shape index (κ3) is 6.54. The Kier molecular flexibility index (Phi) is 8.49. The fourth-order valence-corrected chi connectivity index (χ4v) is 3.09. The van der Waals surface area contributed by atoms with Crippen LogP contribution >= 0.6 is 0 Å². The summed E-state index contributed by atoms with van der Waals surface area (Å²) >= 11 is -2.05. The van der Waals surface area contributed by atoms with Crippen LogP contribution in [-0.4, -0.2) is 39.0 Å². The van der Waals surface area contributed by atoms with Crippen LogP contribution < -0.4 is 10.2 Å². The van der Waals surface area contributed by atoms with Gasteiger partial charge in [-0.3, -0.25) is 4.79 Å². The SMILES string of the molecule is CCOC(=O)C[C@H](N[S+]([O-])C(C)(C)C)c1c(F)c(B(O)O)cc(C(F)(F)F)c1F. The second-order valence-corrected chi connectivity index (χ2v) is 8.99. The maximum atomic E-state index is 14.8. The first-order chi connectivity index (χ1) is 13.1. The maximum absolute atomic E-state index is 14.8. The summed E-state index contributed by atoms with van der Waals surface area (Å²) in [5.74, 6) is -4.79. The van der Waals surface area contributed by atoms with E-state index < -0.39 is 76.1 Å². The summed E-state index contributed by atoms with van der Waals surface area (Å²) in [6, 6.07) is -1.91. The molecule has 1 rings (SSSR count). The van der Waals surface area contributed by atoms with Crippen LogP contribution in [0, 0.1) is 11.6 Å². The van der Waals surface area contributed by atoms with Crippen molar-refractivity contribution in [2.24, 2.45) is 0 Å². The Balaban J connectivity index is 3.67. The molecule has 0 spiro atoms. The average Bonchev–Trinajstić information content (AvgIpc) is 2.52. The standard InChI is InChI=1S/C16H21BF5NO5S/c1-5-28-11(24)7-10(23-29(27)15(2,3)4)12-13(18)8(16(20,21)22)6-9(14(12)19)17(25)26/h6,10,23,25-26H,5,7H2,1-4H3/t10-,29?/m0/s1. The molecule has 2 atom stereocenters. The van der Waals surface area contributed by atoms with Crippen LogP contribution in [0.25, 0.3) is 0 Å². The number of hydrogen-bond acceptors (Lipinski definition) is 6. The first kappa shape index (κ1) is 25.6. The minimum absolute atomic E-state index is 0.0685. The Morgan fingerprint density at radius 3 is 2.24 bits per heavy atom. The molecule has 0 heterocycles. The molecule has 0 saturated carbocycles. The lowest BCUT2D eigenvalue weighted by Gasteiger charge is -2.29. The Bertz CT molecular complexity index is 742. The van der Waals surface area contributed by atoms with Crippen LogP contribution in [0.15, 0.2) is 6.07 Å². The van der Waals surface area contributed by atoms with E-state index >= 15 is 0 Å². The lowest BCUT2D eigenvalue weighted by molar-refractivity contribution is -0.143. The highest BCUT2D eigenvalue weighted by Crippen LogP contribution is 2.36. The number of esters is 1. The van der Waals surface area contributed by atoms with Crippen LogP contribution in [0.1, 0.15) is 51.3 Å². The van der Waals surface area contributed by atoms with Gasteiger partial charge in [0.1, 0.15) is 16.4 Å². The number of alkyl halides is 3. The minimum atomic E-state index is -5.30. The van der Waals surface area contributed by atoms with Crippen molar-refractivity contribution in [1.82, 2.24) is 4.72 Å². The lowest BCUT2D eigenvalue weighted by atomic mass is 9.76. The van der Waals surface area contributed by atoms with Crippen LogP contribution in [0.2, 0.25) is 0 Å². The smallest absolute Gasteiger partial charge is 0.491 e. The fourth-order valence-electron chi connectivity index (χ4n) is 2.27. The molecule has 164 valence electrons. The molecule has 0 bridgehead atoms. The van der Waals surface area contributed by atoms with Gasteiger partial charge in [0.25, 0.3) is 0 Å². The Labute approximate surface area is 167 Å². The zero-order valence-electron chi connectivity index (χ0n) is 16.1.